The Bertz CT molecular complexity index is 679. The Morgan fingerprint density at radius 2 is 1.81 bits per heavy atom. The summed E-state index contributed by atoms with van der Waals surface area (Å²) in [5.41, 5.74) is 1.12. The summed E-state index contributed by atoms with van der Waals surface area (Å²) in [4.78, 5) is 17.2. The van der Waals surface area contributed by atoms with Crippen molar-refractivity contribution in [1.82, 2.24) is 14.8 Å². The third-order valence-corrected chi connectivity index (χ3v) is 5.40. The third kappa shape index (κ3) is 3.68. The molecule has 0 aliphatic carbocycles. The molecule has 2 saturated heterocycles. The highest BCUT2D eigenvalue weighted by molar-refractivity contribution is 6.04. The molecule has 0 aromatic carbocycles. The molecule has 1 aromatic heterocycles. The summed E-state index contributed by atoms with van der Waals surface area (Å²) in [7, 11) is 0. The average molecular weight is 374 g/mol. The molecule has 0 amide bonds. The van der Waals surface area contributed by atoms with E-state index in [0.29, 0.717) is 6.04 Å². The second kappa shape index (κ2) is 7.73. The van der Waals surface area contributed by atoms with E-state index in [2.05, 4.69) is 48.5 Å². The van der Waals surface area contributed by atoms with E-state index in [-0.39, 0.29) is 18.5 Å². The lowest BCUT2D eigenvalue weighted by Gasteiger charge is -2.47. The van der Waals surface area contributed by atoms with Crippen LogP contribution < -0.4 is 4.90 Å². The number of hydrogen-bond acceptors (Lipinski definition) is 7. The van der Waals surface area contributed by atoms with Gasteiger partial charge in [0.1, 0.15) is 11.7 Å². The molecule has 0 saturated carbocycles. The molecule has 7 nitrogen and oxygen atoms in total. The molecule has 4 rings (SSSR count). The first kappa shape index (κ1) is 18.7. The fraction of sp³-hybridized carbons (Fsp3) is 0.700. The molecule has 3 unspecified atom stereocenters. The number of pyridine rings is 1. The lowest BCUT2D eigenvalue weighted by atomic mass is 10.1. The van der Waals surface area contributed by atoms with Crippen LogP contribution in [0.3, 0.4) is 0 Å². The van der Waals surface area contributed by atoms with Gasteiger partial charge < -0.3 is 19.3 Å². The summed E-state index contributed by atoms with van der Waals surface area (Å²) in [5.74, 6) is 2.08. The second-order valence-electron chi connectivity index (χ2n) is 7.99. The number of anilines is 1. The summed E-state index contributed by atoms with van der Waals surface area (Å²) < 4.78 is 11.5. The Labute approximate surface area is 162 Å². The molecule has 3 atom stereocenters. The van der Waals surface area contributed by atoms with E-state index in [1.807, 2.05) is 12.3 Å². The molecule has 0 N–H and O–H groups in total. The molecule has 3 aliphatic rings. The summed E-state index contributed by atoms with van der Waals surface area (Å²) in [5, 5.41) is 0. The first-order chi connectivity index (χ1) is 13.0. The van der Waals surface area contributed by atoms with Crippen LogP contribution in [0.4, 0.5) is 5.82 Å². The lowest BCUT2D eigenvalue weighted by molar-refractivity contribution is -0.0805. The van der Waals surface area contributed by atoms with Crippen LogP contribution in [0.1, 0.15) is 33.3 Å². The third-order valence-electron chi connectivity index (χ3n) is 5.40. The quantitative estimate of drug-likeness (QED) is 0.788. The Morgan fingerprint density at radius 1 is 1.11 bits per heavy atom. The van der Waals surface area contributed by atoms with E-state index in [9.17, 15) is 0 Å². The smallest absolute Gasteiger partial charge is 0.182 e. The minimum absolute atomic E-state index is 0.0564. The molecule has 2 fully saturated rings. The van der Waals surface area contributed by atoms with Crippen molar-refractivity contribution in [3.63, 3.8) is 0 Å². The number of aliphatic imine (C=N–C) groups is 1. The first-order valence-electron chi connectivity index (χ1n) is 10.1. The van der Waals surface area contributed by atoms with Gasteiger partial charge >= 0.3 is 0 Å². The predicted molar refractivity (Wildman–Crippen MR) is 106 cm³/mol. The van der Waals surface area contributed by atoms with E-state index in [1.54, 1.807) is 0 Å². The van der Waals surface area contributed by atoms with E-state index >= 15 is 0 Å². The van der Waals surface area contributed by atoms with Crippen molar-refractivity contribution >= 4 is 11.7 Å². The molecule has 27 heavy (non-hydrogen) atoms. The normalized spacial score (nSPS) is 29.7. The number of morpholine rings is 2. The van der Waals surface area contributed by atoms with Crippen molar-refractivity contribution in [2.24, 2.45) is 4.99 Å². The molecule has 1 aromatic rings. The number of rotatable bonds is 2. The Balaban J connectivity index is 1.75. The van der Waals surface area contributed by atoms with Gasteiger partial charge in [-0.1, -0.05) is 0 Å². The van der Waals surface area contributed by atoms with Crippen LogP contribution in [0.25, 0.3) is 0 Å². The van der Waals surface area contributed by atoms with Crippen LogP contribution in [0.5, 0.6) is 0 Å². The minimum Gasteiger partial charge on any atom is -0.378 e. The van der Waals surface area contributed by atoms with Gasteiger partial charge in [-0.3, -0.25) is 4.90 Å². The van der Waals surface area contributed by atoms with Crippen molar-refractivity contribution in [3.8, 4) is 0 Å². The standard InChI is InChI=1S/C20H31N5O2/c1-14(2)25-18-17(6-5-7-21-18)19(23-8-10-26-11-9-23)22-20(25)24-12-15(3)27-16(4)13-24/h5-7,14-16,20H,8-13H2,1-4H3. The van der Waals surface area contributed by atoms with Crippen LogP contribution in [-0.4, -0.2) is 84.6 Å². The average Bonchev–Trinajstić information content (AvgIpc) is 2.66. The van der Waals surface area contributed by atoms with Crippen LogP contribution >= 0.6 is 0 Å². The maximum Gasteiger partial charge on any atom is 0.182 e. The van der Waals surface area contributed by atoms with Crippen LogP contribution in [0, 0.1) is 0 Å². The zero-order valence-electron chi connectivity index (χ0n) is 16.8. The van der Waals surface area contributed by atoms with Crippen molar-refractivity contribution in [3.05, 3.63) is 23.9 Å². The Kier molecular flexibility index (Phi) is 5.34. The van der Waals surface area contributed by atoms with Gasteiger partial charge in [0.15, 0.2) is 6.29 Å². The highest BCUT2D eigenvalue weighted by Crippen LogP contribution is 2.32. The number of aromatic nitrogens is 1. The fourth-order valence-electron chi connectivity index (χ4n) is 4.33. The van der Waals surface area contributed by atoms with Gasteiger partial charge in [-0.25, -0.2) is 9.98 Å². The topological polar surface area (TPSA) is 53.4 Å². The van der Waals surface area contributed by atoms with Crippen molar-refractivity contribution in [2.75, 3.05) is 44.3 Å². The highest BCUT2D eigenvalue weighted by atomic mass is 16.5. The minimum atomic E-state index is -0.0564. The molecule has 4 heterocycles. The molecule has 0 bridgehead atoms. The van der Waals surface area contributed by atoms with E-state index in [0.717, 1.165) is 56.6 Å². The molecule has 148 valence electrons. The summed E-state index contributed by atoms with van der Waals surface area (Å²) in [6.45, 7) is 13.7. The first-order valence-corrected chi connectivity index (χ1v) is 10.1. The van der Waals surface area contributed by atoms with E-state index in [4.69, 9.17) is 19.5 Å². The summed E-state index contributed by atoms with van der Waals surface area (Å²) >= 11 is 0. The van der Waals surface area contributed by atoms with Gasteiger partial charge in [-0.05, 0) is 39.8 Å². The predicted octanol–water partition coefficient (Wildman–Crippen LogP) is 1.78. The maximum atomic E-state index is 5.96. The van der Waals surface area contributed by atoms with Crippen LogP contribution in [-0.2, 0) is 9.47 Å². The number of nitrogens with zero attached hydrogens (tertiary/aromatic N) is 5. The molecule has 3 aliphatic heterocycles. The highest BCUT2D eigenvalue weighted by Gasteiger charge is 2.38. The molecule has 0 spiro atoms. The molecule has 0 radical (unpaired) electrons. The largest absolute Gasteiger partial charge is 0.378 e. The van der Waals surface area contributed by atoms with Crippen LogP contribution in [0.2, 0.25) is 0 Å². The monoisotopic (exact) mass is 373 g/mol. The van der Waals surface area contributed by atoms with E-state index < -0.39 is 0 Å². The van der Waals surface area contributed by atoms with Gasteiger partial charge in [0.25, 0.3) is 0 Å². The molecular weight excluding hydrogens is 342 g/mol. The molecular formula is C20H31N5O2. The second-order valence-corrected chi connectivity index (χ2v) is 7.99. The van der Waals surface area contributed by atoms with Gasteiger partial charge in [0.2, 0.25) is 0 Å². The van der Waals surface area contributed by atoms with Gasteiger partial charge in [0, 0.05) is 38.4 Å². The van der Waals surface area contributed by atoms with E-state index in [1.165, 1.54) is 0 Å². The zero-order chi connectivity index (χ0) is 19.0. The fourth-order valence-corrected chi connectivity index (χ4v) is 4.33. The van der Waals surface area contributed by atoms with Crippen LogP contribution in [0.15, 0.2) is 23.3 Å². The number of amidine groups is 1. The number of hydrogen-bond donors (Lipinski definition) is 0. The summed E-state index contributed by atoms with van der Waals surface area (Å²) in [6, 6.07) is 4.45. The Morgan fingerprint density at radius 3 is 2.48 bits per heavy atom. The molecule has 7 heteroatoms. The summed E-state index contributed by atoms with van der Waals surface area (Å²) in [6.07, 6.45) is 2.24. The number of ether oxygens (including phenoxy) is 2. The van der Waals surface area contributed by atoms with Crippen molar-refractivity contribution in [2.45, 2.75) is 52.2 Å². The maximum absolute atomic E-state index is 5.96. The Hall–Kier alpha value is -1.70. The number of fused-ring (bicyclic) bond motifs is 1. The van der Waals surface area contributed by atoms with Crippen molar-refractivity contribution < 1.29 is 9.47 Å². The van der Waals surface area contributed by atoms with Gasteiger partial charge in [0.05, 0.1) is 31.0 Å². The van der Waals surface area contributed by atoms with Crippen molar-refractivity contribution in [1.29, 1.82) is 0 Å². The lowest BCUT2D eigenvalue weighted by Crippen LogP contribution is -2.60. The van der Waals surface area contributed by atoms with Gasteiger partial charge in [-0.2, -0.15) is 0 Å². The van der Waals surface area contributed by atoms with Gasteiger partial charge in [-0.15, -0.1) is 0 Å². The SMILES string of the molecule is CC1CN(C2N=C(N3CCOCC3)c3cccnc3N2C(C)C)CC(C)O1. The zero-order valence-corrected chi connectivity index (χ0v) is 16.8.